The maximum Gasteiger partial charge on any atom is 0.317 e. The molecule has 1 rings (SSSR count). The van der Waals surface area contributed by atoms with Crippen molar-refractivity contribution in [3.8, 4) is 0 Å². The molecule has 1 aliphatic rings. The van der Waals surface area contributed by atoms with Crippen LogP contribution in [0.2, 0.25) is 0 Å². The van der Waals surface area contributed by atoms with Gasteiger partial charge in [-0.05, 0) is 19.9 Å². The zero-order valence-corrected chi connectivity index (χ0v) is 8.84. The highest BCUT2D eigenvalue weighted by Gasteiger charge is 2.31. The van der Waals surface area contributed by atoms with E-state index >= 15 is 0 Å². The Kier molecular flexibility index (Phi) is 3.71. The van der Waals surface area contributed by atoms with E-state index in [1.165, 1.54) is 0 Å². The van der Waals surface area contributed by atoms with Crippen molar-refractivity contribution in [2.24, 2.45) is 0 Å². The van der Waals surface area contributed by atoms with Crippen molar-refractivity contribution >= 4 is 6.03 Å². The second-order valence-corrected chi connectivity index (χ2v) is 3.82. The highest BCUT2D eigenvalue weighted by Crippen LogP contribution is 2.12. The van der Waals surface area contributed by atoms with Crippen molar-refractivity contribution in [1.29, 1.82) is 0 Å². The number of rotatable bonds is 3. The van der Waals surface area contributed by atoms with Crippen LogP contribution in [0.3, 0.4) is 0 Å². The molecule has 0 saturated carbocycles. The van der Waals surface area contributed by atoms with E-state index in [4.69, 9.17) is 0 Å². The molecule has 2 amide bonds. The molecule has 3 N–H and O–H groups in total. The normalized spacial score (nSPS) is 26.2. The van der Waals surface area contributed by atoms with Gasteiger partial charge in [-0.3, -0.25) is 0 Å². The van der Waals surface area contributed by atoms with Gasteiger partial charge in [0.25, 0.3) is 0 Å². The molecule has 14 heavy (non-hydrogen) atoms. The number of hydrogen-bond acceptors (Lipinski definition) is 3. The molecule has 1 saturated heterocycles. The Bertz CT molecular complexity index is 202. The van der Waals surface area contributed by atoms with Gasteiger partial charge >= 0.3 is 6.03 Å². The van der Waals surface area contributed by atoms with E-state index in [0.29, 0.717) is 26.1 Å². The number of carbonyl (C=O) groups is 1. The van der Waals surface area contributed by atoms with E-state index in [1.54, 1.807) is 11.9 Å². The van der Waals surface area contributed by atoms with Gasteiger partial charge in [-0.15, -0.1) is 0 Å². The first-order chi connectivity index (χ1) is 6.57. The van der Waals surface area contributed by atoms with E-state index in [9.17, 15) is 9.90 Å². The Balaban J connectivity index is 2.29. The summed E-state index contributed by atoms with van der Waals surface area (Å²) < 4.78 is 0. The smallest absolute Gasteiger partial charge is 0.317 e. The number of nitrogens with zero attached hydrogens (tertiary/aromatic N) is 1. The minimum absolute atomic E-state index is 0.132. The minimum Gasteiger partial charge on any atom is -0.387 e. The highest BCUT2D eigenvalue weighted by atomic mass is 16.3. The zero-order chi connectivity index (χ0) is 10.6. The molecular weight excluding hydrogens is 182 g/mol. The molecule has 5 nitrogen and oxygen atoms in total. The fourth-order valence-electron chi connectivity index (χ4n) is 1.40. The summed E-state index contributed by atoms with van der Waals surface area (Å²) in [5, 5.41) is 15.7. The molecule has 0 radical (unpaired) electrons. The molecule has 0 aromatic carbocycles. The summed E-state index contributed by atoms with van der Waals surface area (Å²) in [4.78, 5) is 12.9. The Morgan fingerprint density at radius 1 is 1.71 bits per heavy atom. The van der Waals surface area contributed by atoms with Crippen LogP contribution in [0.5, 0.6) is 0 Å². The fourth-order valence-corrected chi connectivity index (χ4v) is 1.40. The lowest BCUT2D eigenvalue weighted by Gasteiger charge is -2.23. The summed E-state index contributed by atoms with van der Waals surface area (Å²) >= 11 is 0. The lowest BCUT2D eigenvalue weighted by Crippen LogP contribution is -2.47. The van der Waals surface area contributed by atoms with Crippen LogP contribution in [0.15, 0.2) is 0 Å². The van der Waals surface area contributed by atoms with Crippen molar-refractivity contribution < 1.29 is 9.90 Å². The van der Waals surface area contributed by atoms with E-state index in [1.807, 2.05) is 6.92 Å². The monoisotopic (exact) mass is 201 g/mol. The van der Waals surface area contributed by atoms with Gasteiger partial charge in [0.15, 0.2) is 0 Å². The number of hydrogen-bond donors (Lipinski definition) is 3. The molecule has 0 spiro atoms. The maximum absolute atomic E-state index is 11.4. The summed E-state index contributed by atoms with van der Waals surface area (Å²) in [5.74, 6) is 0. The Morgan fingerprint density at radius 3 is 2.93 bits per heavy atom. The maximum atomic E-state index is 11.4. The number of urea groups is 1. The standard InChI is InChI=1S/C9H19N3O2/c1-3-12(2)8(13)11-7-9(14)4-5-10-6-9/h10,14H,3-7H2,1-2H3,(H,11,13). The number of β-amino-alcohol motifs (C(OH)–C–C–N with tert-alkyl or cyclic N) is 1. The van der Waals surface area contributed by atoms with Gasteiger partial charge in [-0.2, -0.15) is 0 Å². The van der Waals surface area contributed by atoms with Crippen molar-refractivity contribution in [1.82, 2.24) is 15.5 Å². The van der Waals surface area contributed by atoms with Crippen molar-refractivity contribution in [3.05, 3.63) is 0 Å². The van der Waals surface area contributed by atoms with Gasteiger partial charge in [-0.25, -0.2) is 4.79 Å². The number of amides is 2. The van der Waals surface area contributed by atoms with Crippen LogP contribution >= 0.6 is 0 Å². The molecular formula is C9H19N3O2. The molecule has 1 heterocycles. The topological polar surface area (TPSA) is 64.6 Å². The van der Waals surface area contributed by atoms with Crippen LogP contribution in [0.25, 0.3) is 0 Å². The van der Waals surface area contributed by atoms with Gasteiger partial charge in [0.05, 0.1) is 5.60 Å². The molecule has 0 aliphatic carbocycles. The second-order valence-electron chi connectivity index (χ2n) is 3.82. The number of nitrogens with one attached hydrogen (secondary N) is 2. The Labute approximate surface area is 84.5 Å². The van der Waals surface area contributed by atoms with Crippen LogP contribution in [0, 0.1) is 0 Å². The van der Waals surface area contributed by atoms with Gasteiger partial charge in [0, 0.05) is 26.7 Å². The number of aliphatic hydroxyl groups is 1. The van der Waals surface area contributed by atoms with E-state index in [0.717, 1.165) is 6.54 Å². The summed E-state index contributed by atoms with van der Waals surface area (Å²) in [7, 11) is 1.73. The Hall–Kier alpha value is -0.810. The van der Waals surface area contributed by atoms with Gasteiger partial charge in [0.1, 0.15) is 0 Å². The fraction of sp³-hybridized carbons (Fsp3) is 0.889. The Morgan fingerprint density at radius 2 is 2.43 bits per heavy atom. The highest BCUT2D eigenvalue weighted by molar-refractivity contribution is 5.73. The first-order valence-electron chi connectivity index (χ1n) is 4.99. The zero-order valence-electron chi connectivity index (χ0n) is 8.84. The minimum atomic E-state index is -0.760. The quantitative estimate of drug-likeness (QED) is 0.570. The summed E-state index contributed by atoms with van der Waals surface area (Å²) in [6.07, 6.45) is 0.698. The molecule has 0 aromatic rings. The predicted molar refractivity (Wildman–Crippen MR) is 54.1 cm³/mol. The lowest BCUT2D eigenvalue weighted by atomic mass is 10.0. The van der Waals surface area contributed by atoms with Crippen LogP contribution < -0.4 is 10.6 Å². The molecule has 1 fully saturated rings. The third kappa shape index (κ3) is 2.85. The van der Waals surface area contributed by atoms with Crippen LogP contribution in [0.1, 0.15) is 13.3 Å². The summed E-state index contributed by atoms with van der Waals surface area (Å²) in [6, 6.07) is -0.132. The average molecular weight is 201 g/mol. The first kappa shape index (κ1) is 11.3. The van der Waals surface area contributed by atoms with Crippen molar-refractivity contribution in [2.75, 3.05) is 33.2 Å². The van der Waals surface area contributed by atoms with Crippen LogP contribution in [0.4, 0.5) is 4.79 Å². The van der Waals surface area contributed by atoms with Gasteiger partial charge < -0.3 is 20.6 Å². The summed E-state index contributed by atoms with van der Waals surface area (Å²) in [5.41, 5.74) is -0.760. The van der Waals surface area contributed by atoms with Crippen LogP contribution in [-0.4, -0.2) is 54.9 Å². The largest absolute Gasteiger partial charge is 0.387 e. The molecule has 5 heteroatoms. The molecule has 0 bridgehead atoms. The van der Waals surface area contributed by atoms with Crippen molar-refractivity contribution in [3.63, 3.8) is 0 Å². The molecule has 0 aromatic heterocycles. The molecule has 1 aliphatic heterocycles. The molecule has 1 unspecified atom stereocenters. The van der Waals surface area contributed by atoms with E-state index in [-0.39, 0.29) is 6.03 Å². The van der Waals surface area contributed by atoms with Crippen LogP contribution in [-0.2, 0) is 0 Å². The third-order valence-corrected chi connectivity index (χ3v) is 2.61. The SMILES string of the molecule is CCN(C)C(=O)NCC1(O)CCNC1. The predicted octanol–water partition coefficient (Wildman–Crippen LogP) is -0.628. The molecule has 1 atom stereocenters. The summed E-state index contributed by atoms with van der Waals surface area (Å²) in [6.45, 7) is 4.27. The van der Waals surface area contributed by atoms with Gasteiger partial charge in [-0.1, -0.05) is 0 Å². The van der Waals surface area contributed by atoms with E-state index < -0.39 is 5.60 Å². The average Bonchev–Trinajstić information content (AvgIpc) is 2.61. The van der Waals surface area contributed by atoms with E-state index in [2.05, 4.69) is 10.6 Å². The molecule has 82 valence electrons. The number of carbonyl (C=O) groups excluding carboxylic acids is 1. The first-order valence-corrected chi connectivity index (χ1v) is 4.99. The third-order valence-electron chi connectivity index (χ3n) is 2.61. The van der Waals surface area contributed by atoms with Gasteiger partial charge in [0.2, 0.25) is 0 Å². The second kappa shape index (κ2) is 4.61. The van der Waals surface area contributed by atoms with Crippen molar-refractivity contribution in [2.45, 2.75) is 18.9 Å². The lowest BCUT2D eigenvalue weighted by molar-refractivity contribution is 0.0621.